The first kappa shape index (κ1) is 20.4. The summed E-state index contributed by atoms with van der Waals surface area (Å²) >= 11 is 0. The minimum Gasteiger partial charge on any atom is -0.322 e. The molecule has 1 N–H and O–H groups in total. The average molecular weight is 408 g/mol. The molecule has 0 saturated carbocycles. The van der Waals surface area contributed by atoms with Gasteiger partial charge in [-0.3, -0.25) is 4.79 Å². The van der Waals surface area contributed by atoms with E-state index in [1.807, 2.05) is 13.8 Å². The summed E-state index contributed by atoms with van der Waals surface area (Å²) in [6.07, 6.45) is 0.941. The van der Waals surface area contributed by atoms with Crippen LogP contribution in [0.15, 0.2) is 47.4 Å². The molecule has 0 aliphatic carbocycles. The summed E-state index contributed by atoms with van der Waals surface area (Å²) in [6.45, 7) is 4.74. The molecule has 1 saturated heterocycles. The summed E-state index contributed by atoms with van der Waals surface area (Å²) in [5.74, 6) is -1.82. The molecule has 0 aromatic heterocycles. The second kappa shape index (κ2) is 7.97. The van der Waals surface area contributed by atoms with Gasteiger partial charge in [-0.1, -0.05) is 19.9 Å². The number of piperidine rings is 1. The van der Waals surface area contributed by atoms with Crippen molar-refractivity contribution in [2.45, 2.75) is 25.2 Å². The van der Waals surface area contributed by atoms with E-state index in [0.717, 1.165) is 30.7 Å². The van der Waals surface area contributed by atoms with Crippen molar-refractivity contribution in [3.8, 4) is 0 Å². The van der Waals surface area contributed by atoms with Crippen LogP contribution >= 0.6 is 0 Å². The molecular weight excluding hydrogens is 386 g/mol. The van der Waals surface area contributed by atoms with E-state index in [1.165, 1.54) is 22.5 Å². The van der Waals surface area contributed by atoms with E-state index in [9.17, 15) is 22.0 Å². The maximum Gasteiger partial charge on any atom is 0.258 e. The van der Waals surface area contributed by atoms with Crippen molar-refractivity contribution in [1.82, 2.24) is 4.31 Å². The van der Waals surface area contributed by atoms with Crippen LogP contribution in [0.25, 0.3) is 0 Å². The van der Waals surface area contributed by atoms with Gasteiger partial charge < -0.3 is 5.32 Å². The molecule has 1 aliphatic heterocycles. The summed E-state index contributed by atoms with van der Waals surface area (Å²) < 4.78 is 54.9. The quantitative estimate of drug-likeness (QED) is 0.835. The number of rotatable bonds is 4. The lowest BCUT2D eigenvalue weighted by molar-refractivity contribution is 0.102. The zero-order valence-corrected chi connectivity index (χ0v) is 16.5. The Morgan fingerprint density at radius 1 is 1.07 bits per heavy atom. The fourth-order valence-corrected chi connectivity index (χ4v) is 5.26. The number of sulfonamides is 1. The van der Waals surface area contributed by atoms with Crippen LogP contribution in [-0.4, -0.2) is 31.7 Å². The smallest absolute Gasteiger partial charge is 0.258 e. The van der Waals surface area contributed by atoms with Gasteiger partial charge in [0, 0.05) is 18.8 Å². The molecule has 5 nitrogen and oxygen atoms in total. The fraction of sp³-hybridized carbons (Fsp3) is 0.350. The predicted octanol–water partition coefficient (Wildman–Crippen LogP) is 3.88. The highest BCUT2D eigenvalue weighted by Gasteiger charge is 2.32. The normalized spacial score (nSPS) is 20.7. The molecule has 1 aliphatic rings. The lowest BCUT2D eigenvalue weighted by Crippen LogP contribution is -2.42. The summed E-state index contributed by atoms with van der Waals surface area (Å²) in [5, 5.41) is 2.38. The summed E-state index contributed by atoms with van der Waals surface area (Å²) in [4.78, 5) is 12.3. The van der Waals surface area contributed by atoms with Gasteiger partial charge in [-0.2, -0.15) is 4.31 Å². The number of hydrogen-bond donors (Lipinski definition) is 1. The summed E-state index contributed by atoms with van der Waals surface area (Å²) in [6, 6.07) is 8.31. The molecule has 2 atom stereocenters. The van der Waals surface area contributed by atoms with Crippen LogP contribution < -0.4 is 5.32 Å². The van der Waals surface area contributed by atoms with E-state index in [4.69, 9.17) is 0 Å². The van der Waals surface area contributed by atoms with Gasteiger partial charge in [-0.15, -0.1) is 0 Å². The molecule has 0 spiro atoms. The lowest BCUT2D eigenvalue weighted by Gasteiger charge is -2.34. The summed E-state index contributed by atoms with van der Waals surface area (Å²) in [5.41, 5.74) is -0.264. The molecule has 3 rings (SSSR count). The van der Waals surface area contributed by atoms with E-state index < -0.39 is 33.1 Å². The van der Waals surface area contributed by atoms with Crippen molar-refractivity contribution >= 4 is 21.6 Å². The van der Waals surface area contributed by atoms with Gasteiger partial charge in [0.1, 0.15) is 11.6 Å². The van der Waals surface area contributed by atoms with Gasteiger partial charge in [-0.25, -0.2) is 17.2 Å². The molecule has 2 aromatic rings. The number of amides is 1. The second-order valence-electron chi connectivity index (χ2n) is 7.37. The molecule has 1 fully saturated rings. The van der Waals surface area contributed by atoms with Crippen LogP contribution in [0.1, 0.15) is 30.6 Å². The van der Waals surface area contributed by atoms with Gasteiger partial charge in [0.2, 0.25) is 10.0 Å². The van der Waals surface area contributed by atoms with Crippen molar-refractivity contribution in [2.75, 3.05) is 18.4 Å². The Morgan fingerprint density at radius 2 is 1.75 bits per heavy atom. The van der Waals surface area contributed by atoms with Gasteiger partial charge >= 0.3 is 0 Å². The van der Waals surface area contributed by atoms with Crippen molar-refractivity contribution in [3.05, 3.63) is 59.7 Å². The van der Waals surface area contributed by atoms with E-state index in [0.29, 0.717) is 13.1 Å². The monoisotopic (exact) mass is 408 g/mol. The largest absolute Gasteiger partial charge is 0.322 e. The highest BCUT2D eigenvalue weighted by Crippen LogP contribution is 2.27. The minimum atomic E-state index is -3.85. The third kappa shape index (κ3) is 4.39. The summed E-state index contributed by atoms with van der Waals surface area (Å²) in [7, 11) is -3.85. The first-order valence-corrected chi connectivity index (χ1v) is 10.5. The highest BCUT2D eigenvalue weighted by molar-refractivity contribution is 7.89. The van der Waals surface area contributed by atoms with Crippen LogP contribution in [0.5, 0.6) is 0 Å². The molecule has 2 aromatic carbocycles. The van der Waals surface area contributed by atoms with Crippen LogP contribution in [0.3, 0.4) is 0 Å². The standard InChI is InChI=1S/C20H22F2N2O3S/c1-13-8-14(2)12-24(11-13)28(26,27)17-6-7-19(22)18(10-17)20(25)23-16-5-3-4-15(21)9-16/h3-7,9-10,13-14H,8,11-12H2,1-2H3,(H,23,25)/t13-,14-/m0/s1. The molecule has 8 heteroatoms. The van der Waals surface area contributed by atoms with Crippen molar-refractivity contribution < 1.29 is 22.0 Å². The Labute approximate surface area is 163 Å². The third-order valence-electron chi connectivity index (χ3n) is 4.74. The molecule has 0 radical (unpaired) electrons. The number of carbonyl (C=O) groups is 1. The van der Waals surface area contributed by atoms with E-state index in [2.05, 4.69) is 5.32 Å². The molecular formula is C20H22F2N2O3S. The number of carbonyl (C=O) groups excluding carboxylic acids is 1. The lowest BCUT2D eigenvalue weighted by atomic mass is 9.94. The van der Waals surface area contributed by atoms with Crippen molar-refractivity contribution in [2.24, 2.45) is 11.8 Å². The Kier molecular flexibility index (Phi) is 5.81. The maximum absolute atomic E-state index is 14.2. The van der Waals surface area contributed by atoms with Gasteiger partial charge in [0.25, 0.3) is 5.91 Å². The van der Waals surface area contributed by atoms with E-state index in [1.54, 1.807) is 0 Å². The minimum absolute atomic E-state index is 0.139. The topological polar surface area (TPSA) is 66.5 Å². The fourth-order valence-electron chi connectivity index (χ4n) is 3.55. The second-order valence-corrected chi connectivity index (χ2v) is 9.31. The Hall–Kier alpha value is -2.32. The van der Waals surface area contributed by atoms with E-state index in [-0.39, 0.29) is 22.4 Å². The zero-order valence-electron chi connectivity index (χ0n) is 15.7. The van der Waals surface area contributed by atoms with Gasteiger partial charge in [-0.05, 0) is 54.7 Å². The molecule has 0 unspecified atom stereocenters. The van der Waals surface area contributed by atoms with Crippen molar-refractivity contribution in [1.29, 1.82) is 0 Å². The van der Waals surface area contributed by atoms with Crippen LogP contribution in [0.4, 0.5) is 14.5 Å². The molecule has 1 heterocycles. The number of hydrogen-bond acceptors (Lipinski definition) is 3. The maximum atomic E-state index is 14.2. The Morgan fingerprint density at radius 3 is 2.39 bits per heavy atom. The molecule has 0 bridgehead atoms. The van der Waals surface area contributed by atoms with Crippen molar-refractivity contribution in [3.63, 3.8) is 0 Å². The van der Waals surface area contributed by atoms with Gasteiger partial charge in [0.05, 0.1) is 10.5 Å². The number of anilines is 1. The third-order valence-corrected chi connectivity index (χ3v) is 6.57. The Bertz CT molecular complexity index is 985. The van der Waals surface area contributed by atoms with Crippen LogP contribution in [0, 0.1) is 23.5 Å². The number of nitrogens with one attached hydrogen (secondary N) is 1. The first-order chi connectivity index (χ1) is 13.2. The molecule has 1 amide bonds. The highest BCUT2D eigenvalue weighted by atomic mass is 32.2. The average Bonchev–Trinajstić information content (AvgIpc) is 2.61. The van der Waals surface area contributed by atoms with E-state index >= 15 is 0 Å². The molecule has 150 valence electrons. The number of nitrogens with zero attached hydrogens (tertiary/aromatic N) is 1. The zero-order chi connectivity index (χ0) is 20.5. The number of halogens is 2. The first-order valence-electron chi connectivity index (χ1n) is 9.03. The molecule has 28 heavy (non-hydrogen) atoms. The predicted molar refractivity (Wildman–Crippen MR) is 102 cm³/mol. The van der Waals surface area contributed by atoms with Gasteiger partial charge in [0.15, 0.2) is 0 Å². The van der Waals surface area contributed by atoms with Crippen LogP contribution in [0.2, 0.25) is 0 Å². The Balaban J connectivity index is 1.89. The SMILES string of the molecule is C[C@H]1C[C@H](C)CN(S(=O)(=O)c2ccc(F)c(C(=O)Nc3cccc(F)c3)c2)C1. The number of benzene rings is 2. The van der Waals surface area contributed by atoms with Crippen LogP contribution in [-0.2, 0) is 10.0 Å².